The van der Waals surface area contributed by atoms with Crippen molar-refractivity contribution in [1.29, 1.82) is 0 Å². The zero-order valence-corrected chi connectivity index (χ0v) is 14.6. The minimum Gasteiger partial charge on any atom is -0.350 e. The number of amides is 2. The molecule has 1 atom stereocenters. The van der Waals surface area contributed by atoms with Crippen molar-refractivity contribution in [2.24, 2.45) is 5.41 Å². The Morgan fingerprint density at radius 1 is 1.41 bits per heavy atom. The molecule has 4 nitrogen and oxygen atoms in total. The van der Waals surface area contributed by atoms with Crippen LogP contribution in [-0.2, 0) is 9.59 Å². The molecule has 0 saturated heterocycles. The lowest BCUT2D eigenvalue weighted by Gasteiger charge is -2.27. The maximum atomic E-state index is 12.1. The van der Waals surface area contributed by atoms with Gasteiger partial charge in [0.2, 0.25) is 5.91 Å². The van der Waals surface area contributed by atoms with E-state index in [1.54, 1.807) is 12.1 Å². The molecule has 0 aromatic heterocycles. The van der Waals surface area contributed by atoms with Crippen molar-refractivity contribution in [2.45, 2.75) is 38.6 Å². The molecule has 118 valence electrons. The monoisotopic (exact) mass is 338 g/mol. The smallest absolute Gasteiger partial charge is 0.262 e. The van der Waals surface area contributed by atoms with Gasteiger partial charge in [-0.2, -0.15) is 0 Å². The summed E-state index contributed by atoms with van der Waals surface area (Å²) < 4.78 is 0. The van der Waals surface area contributed by atoms with E-state index in [2.05, 4.69) is 10.6 Å². The van der Waals surface area contributed by atoms with Gasteiger partial charge in [-0.15, -0.1) is 0 Å². The Kier molecular flexibility index (Phi) is 4.87. The van der Waals surface area contributed by atoms with Crippen molar-refractivity contribution in [3.8, 4) is 0 Å². The maximum Gasteiger partial charge on any atom is 0.262 e. The molecule has 0 bridgehead atoms. The zero-order chi connectivity index (χ0) is 16.5. The molecule has 2 amide bonds. The van der Waals surface area contributed by atoms with Crippen LogP contribution in [0.3, 0.4) is 0 Å². The van der Waals surface area contributed by atoms with Gasteiger partial charge in [-0.25, -0.2) is 0 Å². The summed E-state index contributed by atoms with van der Waals surface area (Å²) in [6.45, 7) is 8.09. The summed E-state index contributed by atoms with van der Waals surface area (Å²) in [5.74, 6) is -0.559. The summed E-state index contributed by atoms with van der Waals surface area (Å²) >= 11 is 7.17. The summed E-state index contributed by atoms with van der Waals surface area (Å²) in [6.07, 6.45) is 1.35. The number of hydrogen-bond donors (Lipinski definition) is 2. The molecule has 0 fully saturated rings. The van der Waals surface area contributed by atoms with Crippen molar-refractivity contribution < 1.29 is 9.59 Å². The molecule has 0 radical (unpaired) electrons. The highest BCUT2D eigenvalue weighted by molar-refractivity contribution is 8.04. The average molecular weight is 339 g/mol. The Balaban J connectivity index is 2.14. The van der Waals surface area contributed by atoms with E-state index < -0.39 is 0 Å². The molecule has 0 saturated carbocycles. The highest BCUT2D eigenvalue weighted by Crippen LogP contribution is 2.39. The predicted octanol–water partition coefficient (Wildman–Crippen LogP) is 3.82. The first kappa shape index (κ1) is 16.9. The quantitative estimate of drug-likeness (QED) is 0.806. The molecular weight excluding hydrogens is 320 g/mol. The van der Waals surface area contributed by atoms with Crippen LogP contribution in [0.15, 0.2) is 34.1 Å². The maximum absolute atomic E-state index is 12.1. The highest BCUT2D eigenvalue weighted by atomic mass is 35.5. The highest BCUT2D eigenvalue weighted by Gasteiger charge is 2.24. The molecule has 1 heterocycles. The zero-order valence-electron chi connectivity index (χ0n) is 13.0. The molecule has 1 aromatic carbocycles. The fourth-order valence-electron chi connectivity index (χ4n) is 1.72. The first-order valence-corrected chi connectivity index (χ1v) is 8.17. The Morgan fingerprint density at radius 3 is 2.73 bits per heavy atom. The molecule has 1 aliphatic rings. The molecule has 0 spiro atoms. The van der Waals surface area contributed by atoms with Crippen LogP contribution >= 0.6 is 23.4 Å². The molecular formula is C16H19ClN2O2S. The van der Waals surface area contributed by atoms with Crippen LogP contribution in [0, 0.1) is 5.41 Å². The number of halogens is 1. The lowest BCUT2D eigenvalue weighted by molar-refractivity contribution is -0.118. The molecule has 0 aliphatic carbocycles. The number of benzene rings is 1. The minimum atomic E-state index is -0.293. The number of carbonyl (C=O) groups excluding carboxylic acids is 2. The number of anilines is 1. The van der Waals surface area contributed by atoms with E-state index in [1.165, 1.54) is 17.8 Å². The van der Waals surface area contributed by atoms with Gasteiger partial charge in [0, 0.05) is 22.0 Å². The third-order valence-corrected chi connectivity index (χ3v) is 4.89. The Bertz CT molecular complexity index is 650. The van der Waals surface area contributed by atoms with E-state index >= 15 is 0 Å². The first-order valence-electron chi connectivity index (χ1n) is 6.98. The predicted molar refractivity (Wildman–Crippen MR) is 91.1 cm³/mol. The molecule has 2 N–H and O–H groups in total. The van der Waals surface area contributed by atoms with Gasteiger partial charge in [0.05, 0.1) is 10.6 Å². The second kappa shape index (κ2) is 6.34. The van der Waals surface area contributed by atoms with E-state index in [-0.39, 0.29) is 23.3 Å². The normalized spacial score (nSPS) is 17.7. The summed E-state index contributed by atoms with van der Waals surface area (Å²) in [5.41, 5.74) is 0.627. The average Bonchev–Trinajstić information content (AvgIpc) is 2.38. The van der Waals surface area contributed by atoms with E-state index in [9.17, 15) is 9.59 Å². The van der Waals surface area contributed by atoms with Crippen molar-refractivity contribution >= 4 is 40.9 Å². The number of rotatable bonds is 2. The van der Waals surface area contributed by atoms with Crippen LogP contribution in [0.5, 0.6) is 0 Å². The van der Waals surface area contributed by atoms with Crippen LogP contribution in [0.1, 0.15) is 27.7 Å². The summed E-state index contributed by atoms with van der Waals surface area (Å²) in [6, 6.07) is 5.27. The molecule has 1 aromatic rings. The minimum absolute atomic E-state index is 0.000375. The molecule has 22 heavy (non-hydrogen) atoms. The largest absolute Gasteiger partial charge is 0.350 e. The van der Waals surface area contributed by atoms with Crippen LogP contribution in [0.4, 0.5) is 5.69 Å². The van der Waals surface area contributed by atoms with E-state index in [0.29, 0.717) is 15.6 Å². The van der Waals surface area contributed by atoms with Gasteiger partial charge < -0.3 is 10.6 Å². The lowest BCUT2D eigenvalue weighted by atomic mass is 9.88. The van der Waals surface area contributed by atoms with Crippen LogP contribution in [0.25, 0.3) is 0 Å². The van der Waals surface area contributed by atoms with Crippen molar-refractivity contribution in [3.05, 3.63) is 34.2 Å². The van der Waals surface area contributed by atoms with Gasteiger partial charge in [-0.05, 0) is 30.5 Å². The Hall–Kier alpha value is -1.46. The second-order valence-corrected chi connectivity index (χ2v) is 7.82. The number of nitrogens with one attached hydrogen (secondary N) is 2. The Labute approximate surface area is 139 Å². The van der Waals surface area contributed by atoms with Crippen LogP contribution < -0.4 is 10.6 Å². The fourth-order valence-corrected chi connectivity index (χ4v) is 2.80. The summed E-state index contributed by atoms with van der Waals surface area (Å²) in [7, 11) is 0. The third kappa shape index (κ3) is 4.05. The number of carbonyl (C=O) groups is 2. The number of fused-ring (bicyclic) bond motifs is 1. The summed E-state index contributed by atoms with van der Waals surface area (Å²) in [4.78, 5) is 25.4. The summed E-state index contributed by atoms with van der Waals surface area (Å²) in [5, 5.41) is 6.20. The van der Waals surface area contributed by atoms with Gasteiger partial charge in [-0.3, -0.25) is 9.59 Å². The number of hydrogen-bond acceptors (Lipinski definition) is 3. The van der Waals surface area contributed by atoms with Gasteiger partial charge in [0.1, 0.15) is 0 Å². The van der Waals surface area contributed by atoms with Crippen molar-refractivity contribution in [2.75, 3.05) is 5.32 Å². The van der Waals surface area contributed by atoms with E-state index in [1.807, 2.05) is 33.8 Å². The molecule has 2 rings (SSSR count). The van der Waals surface area contributed by atoms with E-state index in [4.69, 9.17) is 11.6 Å². The SMILES string of the molecule is CC(NC(=O)/C=C1/Sc2ccc(Cl)cc2NC1=O)C(C)(C)C. The van der Waals surface area contributed by atoms with Gasteiger partial charge in [0.25, 0.3) is 5.91 Å². The Morgan fingerprint density at radius 2 is 2.09 bits per heavy atom. The number of thioether (sulfide) groups is 1. The van der Waals surface area contributed by atoms with Crippen molar-refractivity contribution in [3.63, 3.8) is 0 Å². The van der Waals surface area contributed by atoms with E-state index in [0.717, 1.165) is 4.90 Å². The topological polar surface area (TPSA) is 58.2 Å². The third-order valence-electron chi connectivity index (χ3n) is 3.55. The van der Waals surface area contributed by atoms with Crippen molar-refractivity contribution in [1.82, 2.24) is 5.32 Å². The second-order valence-electron chi connectivity index (χ2n) is 6.30. The van der Waals surface area contributed by atoms with Gasteiger partial charge in [0.15, 0.2) is 0 Å². The van der Waals surface area contributed by atoms with Gasteiger partial charge in [-0.1, -0.05) is 44.1 Å². The molecule has 1 aliphatic heterocycles. The first-order chi connectivity index (χ1) is 10.2. The lowest BCUT2D eigenvalue weighted by Crippen LogP contribution is -2.40. The van der Waals surface area contributed by atoms with Crippen LogP contribution in [0.2, 0.25) is 5.02 Å². The fraction of sp³-hybridized carbons (Fsp3) is 0.375. The van der Waals surface area contributed by atoms with Gasteiger partial charge >= 0.3 is 0 Å². The molecule has 1 unspecified atom stereocenters. The standard InChI is InChI=1S/C16H19ClN2O2S/c1-9(16(2,3)4)18-14(20)8-13-15(21)19-11-7-10(17)5-6-12(11)22-13/h5-9H,1-4H3,(H,18,20)(H,19,21)/b13-8+. The van der Waals surface area contributed by atoms with Crippen LogP contribution in [-0.4, -0.2) is 17.9 Å². The molecule has 6 heteroatoms.